The molecule has 1 aromatic carbocycles. The smallest absolute Gasteiger partial charge is 0.161 e. The van der Waals surface area contributed by atoms with Crippen LogP contribution in [0.15, 0.2) is 18.2 Å². The molecule has 0 aliphatic heterocycles. The van der Waals surface area contributed by atoms with Gasteiger partial charge < -0.3 is 14.8 Å². The van der Waals surface area contributed by atoms with Gasteiger partial charge in [0.15, 0.2) is 11.5 Å². The highest BCUT2D eigenvalue weighted by atomic mass is 16.5. The molecule has 4 bridgehead atoms. The molecule has 4 aliphatic carbocycles. The number of hydrogen-bond donors (Lipinski definition) is 1. The Bertz CT molecular complexity index is 519. The van der Waals surface area contributed by atoms with Crippen LogP contribution in [0.1, 0.15) is 44.1 Å². The van der Waals surface area contributed by atoms with E-state index in [0.29, 0.717) is 5.54 Å². The maximum absolute atomic E-state index is 5.42. The summed E-state index contributed by atoms with van der Waals surface area (Å²) in [6.45, 7) is 0.937. The van der Waals surface area contributed by atoms with Crippen molar-refractivity contribution in [2.24, 2.45) is 17.8 Å². The zero-order valence-corrected chi connectivity index (χ0v) is 13.7. The molecule has 3 heteroatoms. The molecule has 1 aromatic rings. The Kier molecular flexibility index (Phi) is 3.56. The topological polar surface area (TPSA) is 30.5 Å². The van der Waals surface area contributed by atoms with Crippen molar-refractivity contribution in [1.29, 1.82) is 0 Å². The van der Waals surface area contributed by atoms with Crippen molar-refractivity contribution < 1.29 is 9.47 Å². The summed E-state index contributed by atoms with van der Waals surface area (Å²) in [4.78, 5) is 0. The molecule has 0 saturated heterocycles. The second kappa shape index (κ2) is 5.45. The van der Waals surface area contributed by atoms with Gasteiger partial charge in [0.05, 0.1) is 14.2 Å². The number of hydrogen-bond acceptors (Lipinski definition) is 3. The molecule has 0 radical (unpaired) electrons. The van der Waals surface area contributed by atoms with E-state index in [4.69, 9.17) is 9.47 Å². The molecular weight excluding hydrogens is 274 g/mol. The second-order valence-electron chi connectivity index (χ2n) is 7.74. The van der Waals surface area contributed by atoms with Gasteiger partial charge in [-0.1, -0.05) is 6.07 Å². The Morgan fingerprint density at radius 3 is 2.09 bits per heavy atom. The number of benzene rings is 1. The molecule has 5 rings (SSSR count). The Hall–Kier alpha value is -1.22. The highest BCUT2D eigenvalue weighted by Crippen LogP contribution is 2.55. The van der Waals surface area contributed by atoms with Crippen LogP contribution < -0.4 is 14.8 Å². The first kappa shape index (κ1) is 14.4. The number of ether oxygens (including phenoxy) is 2. The van der Waals surface area contributed by atoms with Crippen molar-refractivity contribution in [3.63, 3.8) is 0 Å². The lowest BCUT2D eigenvalue weighted by atomic mass is 9.53. The lowest BCUT2D eigenvalue weighted by Gasteiger charge is -2.57. The lowest BCUT2D eigenvalue weighted by Crippen LogP contribution is -2.58. The van der Waals surface area contributed by atoms with E-state index in [1.807, 2.05) is 6.07 Å². The summed E-state index contributed by atoms with van der Waals surface area (Å²) in [6, 6.07) is 6.26. The second-order valence-corrected chi connectivity index (χ2v) is 7.74. The van der Waals surface area contributed by atoms with E-state index in [1.54, 1.807) is 14.2 Å². The lowest BCUT2D eigenvalue weighted by molar-refractivity contribution is -0.0206. The van der Waals surface area contributed by atoms with E-state index in [0.717, 1.165) is 35.8 Å². The molecule has 120 valence electrons. The van der Waals surface area contributed by atoms with Crippen molar-refractivity contribution in [2.45, 2.75) is 50.6 Å². The van der Waals surface area contributed by atoms with Crippen LogP contribution in [-0.2, 0) is 6.54 Å². The Morgan fingerprint density at radius 2 is 1.55 bits per heavy atom. The Morgan fingerprint density at radius 1 is 0.955 bits per heavy atom. The average molecular weight is 301 g/mol. The molecule has 0 spiro atoms. The van der Waals surface area contributed by atoms with Gasteiger partial charge in [-0.3, -0.25) is 0 Å². The first-order valence-corrected chi connectivity index (χ1v) is 8.65. The molecule has 1 N–H and O–H groups in total. The molecule has 22 heavy (non-hydrogen) atoms. The molecule has 3 nitrogen and oxygen atoms in total. The third kappa shape index (κ3) is 2.50. The van der Waals surface area contributed by atoms with E-state index in [1.165, 1.54) is 44.1 Å². The Balaban J connectivity index is 1.46. The molecular formula is C19H27NO2. The van der Waals surface area contributed by atoms with Gasteiger partial charge in [-0.05, 0) is 74.0 Å². The molecule has 4 saturated carbocycles. The number of rotatable bonds is 5. The van der Waals surface area contributed by atoms with Crippen LogP contribution in [0.2, 0.25) is 0 Å². The Labute approximate surface area is 133 Å². The van der Waals surface area contributed by atoms with Gasteiger partial charge in [0.25, 0.3) is 0 Å². The fourth-order valence-corrected chi connectivity index (χ4v) is 5.61. The van der Waals surface area contributed by atoms with Crippen molar-refractivity contribution in [2.75, 3.05) is 14.2 Å². The van der Waals surface area contributed by atoms with E-state index in [2.05, 4.69) is 17.4 Å². The van der Waals surface area contributed by atoms with Crippen LogP contribution in [-0.4, -0.2) is 19.8 Å². The molecule has 0 heterocycles. The van der Waals surface area contributed by atoms with Crippen molar-refractivity contribution in [1.82, 2.24) is 5.32 Å². The zero-order valence-electron chi connectivity index (χ0n) is 13.7. The summed E-state index contributed by atoms with van der Waals surface area (Å²) in [5, 5.41) is 3.94. The van der Waals surface area contributed by atoms with Gasteiger partial charge in [-0.25, -0.2) is 0 Å². The van der Waals surface area contributed by atoms with Crippen molar-refractivity contribution >= 4 is 0 Å². The predicted octanol–water partition coefficient (Wildman–Crippen LogP) is 3.76. The van der Waals surface area contributed by atoms with Gasteiger partial charge in [-0.15, -0.1) is 0 Å². The van der Waals surface area contributed by atoms with Crippen LogP contribution in [0.4, 0.5) is 0 Å². The third-order valence-corrected chi connectivity index (χ3v) is 6.15. The summed E-state index contributed by atoms with van der Waals surface area (Å²) < 4.78 is 10.7. The SMILES string of the molecule is COc1ccc(CNC23CC4CC(CC(C4)C2)C3)cc1OC. The summed E-state index contributed by atoms with van der Waals surface area (Å²) in [5.41, 5.74) is 1.70. The highest BCUT2D eigenvalue weighted by molar-refractivity contribution is 5.42. The summed E-state index contributed by atoms with van der Waals surface area (Å²) in [7, 11) is 3.39. The summed E-state index contributed by atoms with van der Waals surface area (Å²) in [6.07, 6.45) is 8.68. The fraction of sp³-hybridized carbons (Fsp3) is 0.684. The average Bonchev–Trinajstić information content (AvgIpc) is 2.51. The molecule has 0 atom stereocenters. The van der Waals surface area contributed by atoms with Crippen LogP contribution >= 0.6 is 0 Å². The monoisotopic (exact) mass is 301 g/mol. The molecule has 0 amide bonds. The highest BCUT2D eigenvalue weighted by Gasteiger charge is 2.50. The number of methoxy groups -OCH3 is 2. The van der Waals surface area contributed by atoms with Crippen molar-refractivity contribution in [3.8, 4) is 11.5 Å². The molecule has 0 unspecified atom stereocenters. The zero-order chi connectivity index (χ0) is 15.2. The first-order chi connectivity index (χ1) is 10.7. The van der Waals surface area contributed by atoms with E-state index in [9.17, 15) is 0 Å². The van der Waals surface area contributed by atoms with Gasteiger partial charge >= 0.3 is 0 Å². The fourth-order valence-electron chi connectivity index (χ4n) is 5.61. The third-order valence-electron chi connectivity index (χ3n) is 6.15. The van der Waals surface area contributed by atoms with Crippen molar-refractivity contribution in [3.05, 3.63) is 23.8 Å². The van der Waals surface area contributed by atoms with Crippen LogP contribution in [0.25, 0.3) is 0 Å². The standard InChI is InChI=1S/C19H27NO2/c1-21-17-4-3-13(8-18(17)22-2)12-20-19-9-14-5-15(10-19)7-16(6-14)11-19/h3-4,8,14-16,20H,5-7,9-12H2,1-2H3. The molecule has 0 aromatic heterocycles. The minimum absolute atomic E-state index is 0.419. The normalized spacial score (nSPS) is 35.6. The maximum Gasteiger partial charge on any atom is 0.161 e. The van der Waals surface area contributed by atoms with Gasteiger partial charge in [0.2, 0.25) is 0 Å². The van der Waals surface area contributed by atoms with E-state index in [-0.39, 0.29) is 0 Å². The number of nitrogens with one attached hydrogen (secondary N) is 1. The van der Waals surface area contributed by atoms with Gasteiger partial charge in [0.1, 0.15) is 0 Å². The first-order valence-electron chi connectivity index (χ1n) is 8.65. The predicted molar refractivity (Wildman–Crippen MR) is 87.3 cm³/mol. The van der Waals surface area contributed by atoms with E-state index < -0.39 is 0 Å². The van der Waals surface area contributed by atoms with Crippen LogP contribution in [0.5, 0.6) is 11.5 Å². The quantitative estimate of drug-likeness (QED) is 0.898. The van der Waals surface area contributed by atoms with Crippen LogP contribution in [0.3, 0.4) is 0 Å². The summed E-state index contributed by atoms with van der Waals surface area (Å²) >= 11 is 0. The van der Waals surface area contributed by atoms with Gasteiger partial charge in [0, 0.05) is 12.1 Å². The molecule has 4 aliphatic rings. The summed E-state index contributed by atoms with van der Waals surface area (Å²) in [5.74, 6) is 4.60. The van der Waals surface area contributed by atoms with Crippen LogP contribution in [0, 0.1) is 17.8 Å². The van der Waals surface area contributed by atoms with Gasteiger partial charge in [-0.2, -0.15) is 0 Å². The van der Waals surface area contributed by atoms with E-state index >= 15 is 0 Å². The molecule has 4 fully saturated rings. The minimum Gasteiger partial charge on any atom is -0.493 e. The largest absolute Gasteiger partial charge is 0.493 e. The maximum atomic E-state index is 5.42. The minimum atomic E-state index is 0.419.